The van der Waals surface area contributed by atoms with E-state index < -0.39 is 41.6 Å². The first-order valence-electron chi connectivity index (χ1n) is 11.3. The summed E-state index contributed by atoms with van der Waals surface area (Å²) in [5, 5.41) is 23.3. The Morgan fingerprint density at radius 1 is 0.970 bits per heavy atom. The average molecular weight is 456 g/mol. The maximum Gasteiger partial charge on any atom is 0.407 e. The zero-order valence-corrected chi connectivity index (χ0v) is 19.9. The number of hydrogen-bond acceptors (Lipinski definition) is 4. The number of carbonyl (C=O) groups excluding carboxylic acids is 1. The van der Waals surface area contributed by atoms with Gasteiger partial charge in [-0.1, -0.05) is 81.4 Å². The minimum atomic E-state index is -1.17. The number of amides is 2. The van der Waals surface area contributed by atoms with Crippen molar-refractivity contribution in [3.63, 3.8) is 0 Å². The van der Waals surface area contributed by atoms with Gasteiger partial charge in [-0.25, -0.2) is 4.79 Å². The Kier molecular flexibility index (Phi) is 9.44. The fourth-order valence-corrected chi connectivity index (χ4v) is 4.12. The summed E-state index contributed by atoms with van der Waals surface area (Å²) in [6, 6.07) is 17.6. The van der Waals surface area contributed by atoms with Crippen molar-refractivity contribution in [2.75, 3.05) is 7.05 Å². The number of rotatable bonds is 10. The van der Waals surface area contributed by atoms with Gasteiger partial charge < -0.3 is 21.3 Å². The maximum atomic E-state index is 13.2. The van der Waals surface area contributed by atoms with Crippen LogP contribution >= 0.6 is 0 Å². The quantitative estimate of drug-likeness (QED) is 0.439. The largest absolute Gasteiger partial charge is 0.465 e. The van der Waals surface area contributed by atoms with Crippen molar-refractivity contribution in [2.45, 2.75) is 64.3 Å². The lowest BCUT2D eigenvalue weighted by Gasteiger charge is -2.36. The number of aliphatic hydroxyl groups is 1. The molecule has 0 aromatic heterocycles. The molecule has 0 aliphatic heterocycles. The molecule has 5 N–H and O–H groups in total. The van der Waals surface area contributed by atoms with Crippen LogP contribution in [0.4, 0.5) is 4.79 Å². The summed E-state index contributed by atoms with van der Waals surface area (Å²) in [6.45, 7) is 5.48. The average Bonchev–Trinajstić information content (AvgIpc) is 2.74. The molecule has 33 heavy (non-hydrogen) atoms. The van der Waals surface area contributed by atoms with E-state index in [9.17, 15) is 19.8 Å². The van der Waals surface area contributed by atoms with Crippen LogP contribution in [0.5, 0.6) is 0 Å². The molecule has 4 atom stereocenters. The second kappa shape index (κ2) is 11.8. The SMILES string of the molecule is CN(C(=O)O)[C@H](C(=O)N[C@@H](Cc1ccccc1)C[C@H](O)[C@@H](N)Cc1ccccc1)C(C)(C)C. The van der Waals surface area contributed by atoms with E-state index in [1.54, 1.807) is 0 Å². The third-order valence-corrected chi connectivity index (χ3v) is 5.76. The van der Waals surface area contributed by atoms with Crippen LogP contribution in [0.15, 0.2) is 60.7 Å². The first kappa shape index (κ1) is 26.4. The van der Waals surface area contributed by atoms with Crippen LogP contribution in [0, 0.1) is 5.41 Å². The molecule has 0 aliphatic carbocycles. The van der Waals surface area contributed by atoms with Crippen LogP contribution in [0.2, 0.25) is 0 Å². The normalized spacial score (nSPS) is 15.2. The van der Waals surface area contributed by atoms with Gasteiger partial charge in [0, 0.05) is 19.1 Å². The van der Waals surface area contributed by atoms with Gasteiger partial charge >= 0.3 is 6.09 Å². The highest BCUT2D eigenvalue weighted by molar-refractivity contribution is 5.86. The molecule has 0 fully saturated rings. The zero-order valence-electron chi connectivity index (χ0n) is 19.9. The van der Waals surface area contributed by atoms with Crippen molar-refractivity contribution in [3.05, 3.63) is 71.8 Å². The summed E-state index contributed by atoms with van der Waals surface area (Å²) in [5.74, 6) is -0.392. The number of nitrogens with zero attached hydrogens (tertiary/aromatic N) is 1. The number of hydrogen-bond donors (Lipinski definition) is 4. The molecule has 7 heteroatoms. The van der Waals surface area contributed by atoms with E-state index in [0.717, 1.165) is 16.0 Å². The molecule has 0 aliphatic rings. The van der Waals surface area contributed by atoms with Gasteiger partial charge in [0.05, 0.1) is 6.10 Å². The first-order chi connectivity index (χ1) is 15.5. The molecule has 0 saturated carbocycles. The second-order valence-corrected chi connectivity index (χ2v) is 9.71. The molecule has 0 saturated heterocycles. The Bertz CT molecular complexity index is 883. The standard InChI is InChI=1S/C26H37N3O4/c1-26(2,3)23(29(4)25(32)33)24(31)28-20(15-18-11-7-5-8-12-18)17-22(30)21(27)16-19-13-9-6-10-14-19/h5-14,20-23,30H,15-17,27H2,1-4H3,(H,28,31)(H,32,33)/t20-,21-,22-,23+/m0/s1. The molecule has 0 radical (unpaired) electrons. The summed E-state index contributed by atoms with van der Waals surface area (Å²) in [5.41, 5.74) is 7.71. The second-order valence-electron chi connectivity index (χ2n) is 9.71. The van der Waals surface area contributed by atoms with Crippen molar-refractivity contribution < 1.29 is 19.8 Å². The number of carbonyl (C=O) groups is 2. The monoisotopic (exact) mass is 455 g/mol. The Morgan fingerprint density at radius 3 is 1.91 bits per heavy atom. The number of aliphatic hydroxyl groups excluding tert-OH is 1. The van der Waals surface area contributed by atoms with E-state index in [1.807, 2.05) is 81.4 Å². The number of nitrogens with one attached hydrogen (secondary N) is 1. The number of carboxylic acid groups (broad SMARTS) is 1. The van der Waals surface area contributed by atoms with Crippen molar-refractivity contribution in [1.29, 1.82) is 0 Å². The third kappa shape index (κ3) is 8.18. The molecule has 2 rings (SSSR count). The fourth-order valence-electron chi connectivity index (χ4n) is 4.12. The highest BCUT2D eigenvalue weighted by Crippen LogP contribution is 2.24. The molecule has 0 spiro atoms. The Hall–Kier alpha value is -2.90. The van der Waals surface area contributed by atoms with Crippen molar-refractivity contribution >= 4 is 12.0 Å². The molecule has 2 aromatic carbocycles. The lowest BCUT2D eigenvalue weighted by molar-refractivity contribution is -0.129. The number of likely N-dealkylation sites (N-methyl/N-ethyl adjacent to an activating group) is 1. The number of benzene rings is 2. The van der Waals surface area contributed by atoms with E-state index in [2.05, 4.69) is 5.32 Å². The lowest BCUT2D eigenvalue weighted by atomic mass is 9.84. The smallest absolute Gasteiger partial charge is 0.407 e. The minimum absolute atomic E-state index is 0.252. The van der Waals surface area contributed by atoms with Crippen LogP contribution in [0.3, 0.4) is 0 Å². The Labute approximate surface area is 196 Å². The topological polar surface area (TPSA) is 116 Å². The van der Waals surface area contributed by atoms with Gasteiger partial charge in [-0.3, -0.25) is 9.69 Å². The van der Waals surface area contributed by atoms with E-state index in [-0.39, 0.29) is 6.42 Å². The molecule has 7 nitrogen and oxygen atoms in total. The summed E-state index contributed by atoms with van der Waals surface area (Å²) >= 11 is 0. The molecule has 0 unspecified atom stereocenters. The van der Waals surface area contributed by atoms with Gasteiger partial charge in [-0.05, 0) is 35.8 Å². The maximum absolute atomic E-state index is 13.2. The van der Waals surface area contributed by atoms with Crippen LogP contribution < -0.4 is 11.1 Å². The van der Waals surface area contributed by atoms with E-state index in [1.165, 1.54) is 7.05 Å². The lowest BCUT2D eigenvalue weighted by Crippen LogP contribution is -2.56. The minimum Gasteiger partial charge on any atom is -0.465 e. The van der Waals surface area contributed by atoms with E-state index >= 15 is 0 Å². The zero-order chi connectivity index (χ0) is 24.6. The van der Waals surface area contributed by atoms with E-state index in [0.29, 0.717) is 12.8 Å². The highest BCUT2D eigenvalue weighted by Gasteiger charge is 2.38. The molecule has 0 bridgehead atoms. The van der Waals surface area contributed by atoms with Crippen LogP contribution in [0.1, 0.15) is 38.3 Å². The molecular formula is C26H37N3O4. The molecule has 0 heterocycles. The van der Waals surface area contributed by atoms with Crippen molar-refractivity contribution in [3.8, 4) is 0 Å². The van der Waals surface area contributed by atoms with Crippen LogP contribution in [-0.4, -0.2) is 58.4 Å². The van der Waals surface area contributed by atoms with Gasteiger partial charge in [0.2, 0.25) is 5.91 Å². The molecule has 2 amide bonds. The predicted octanol–water partition coefficient (Wildman–Crippen LogP) is 3.06. The first-order valence-corrected chi connectivity index (χ1v) is 11.3. The molecular weight excluding hydrogens is 418 g/mol. The van der Waals surface area contributed by atoms with Gasteiger partial charge in [-0.15, -0.1) is 0 Å². The third-order valence-electron chi connectivity index (χ3n) is 5.76. The summed E-state index contributed by atoms with van der Waals surface area (Å²) < 4.78 is 0. The predicted molar refractivity (Wildman–Crippen MR) is 130 cm³/mol. The summed E-state index contributed by atoms with van der Waals surface area (Å²) in [4.78, 5) is 25.9. The summed E-state index contributed by atoms with van der Waals surface area (Å²) in [7, 11) is 1.40. The Morgan fingerprint density at radius 2 is 1.45 bits per heavy atom. The summed E-state index contributed by atoms with van der Waals surface area (Å²) in [6.07, 6.45) is -0.753. The van der Waals surface area contributed by atoms with Crippen molar-refractivity contribution in [2.24, 2.45) is 11.1 Å². The molecule has 180 valence electrons. The van der Waals surface area contributed by atoms with Crippen molar-refractivity contribution in [1.82, 2.24) is 10.2 Å². The van der Waals surface area contributed by atoms with Gasteiger partial charge in [0.1, 0.15) is 6.04 Å². The van der Waals surface area contributed by atoms with Gasteiger partial charge in [0.15, 0.2) is 0 Å². The van der Waals surface area contributed by atoms with Crippen LogP contribution in [-0.2, 0) is 17.6 Å². The number of nitrogens with two attached hydrogens (primary N) is 1. The van der Waals surface area contributed by atoms with E-state index in [4.69, 9.17) is 5.73 Å². The van der Waals surface area contributed by atoms with Gasteiger partial charge in [0.25, 0.3) is 0 Å². The fraction of sp³-hybridized carbons (Fsp3) is 0.462. The molecule has 2 aromatic rings. The van der Waals surface area contributed by atoms with Crippen LogP contribution in [0.25, 0.3) is 0 Å². The highest BCUT2D eigenvalue weighted by atomic mass is 16.4. The Balaban J connectivity index is 2.18. The van der Waals surface area contributed by atoms with Gasteiger partial charge in [-0.2, -0.15) is 0 Å².